The average molecular weight is 331 g/mol. The lowest BCUT2D eigenvalue weighted by molar-refractivity contribution is 0.697. The first-order chi connectivity index (χ1) is 9.78. The van der Waals surface area contributed by atoms with Gasteiger partial charge in [-0.3, -0.25) is 4.98 Å². The molecule has 0 spiro atoms. The van der Waals surface area contributed by atoms with Crippen LogP contribution < -0.4 is 5.32 Å². The van der Waals surface area contributed by atoms with Gasteiger partial charge in [0.1, 0.15) is 0 Å². The maximum atomic E-state index is 4.59. The molecule has 0 saturated heterocycles. The molecule has 5 heteroatoms. The first-order valence-electron chi connectivity index (χ1n) is 6.58. The summed E-state index contributed by atoms with van der Waals surface area (Å²) in [6.45, 7) is 3.81. The molecule has 2 heterocycles. The summed E-state index contributed by atoms with van der Waals surface area (Å²) >= 11 is 3.45. The van der Waals surface area contributed by atoms with Crippen LogP contribution in [0.25, 0.3) is 16.6 Å². The monoisotopic (exact) mass is 330 g/mol. The van der Waals surface area contributed by atoms with Gasteiger partial charge in [0.25, 0.3) is 0 Å². The number of halogens is 1. The van der Waals surface area contributed by atoms with E-state index in [1.807, 2.05) is 35.3 Å². The Hall–Kier alpha value is -1.72. The zero-order valence-corrected chi connectivity index (χ0v) is 12.8. The lowest BCUT2D eigenvalue weighted by Crippen LogP contribution is -2.12. The molecule has 20 heavy (non-hydrogen) atoms. The number of aromatic nitrogens is 3. The first-order valence-corrected chi connectivity index (χ1v) is 7.37. The molecule has 0 saturated carbocycles. The number of hydrogen-bond donors (Lipinski definition) is 1. The molecule has 3 rings (SSSR count). The summed E-state index contributed by atoms with van der Waals surface area (Å²) < 4.78 is 2.87. The zero-order chi connectivity index (χ0) is 13.9. The third-order valence-electron chi connectivity index (χ3n) is 3.10. The maximum Gasteiger partial charge on any atom is 0.0959 e. The average Bonchev–Trinajstić information content (AvgIpc) is 2.92. The molecule has 4 nitrogen and oxygen atoms in total. The van der Waals surface area contributed by atoms with Gasteiger partial charge in [0.2, 0.25) is 0 Å². The highest BCUT2D eigenvalue weighted by molar-refractivity contribution is 9.10. The Labute approximate surface area is 126 Å². The van der Waals surface area contributed by atoms with Crippen molar-refractivity contribution in [2.45, 2.75) is 13.5 Å². The van der Waals surface area contributed by atoms with E-state index in [1.165, 1.54) is 0 Å². The van der Waals surface area contributed by atoms with Crippen LogP contribution in [0.15, 0.2) is 47.2 Å². The number of nitrogens with zero attached hydrogens (tertiary/aromatic N) is 3. The van der Waals surface area contributed by atoms with Crippen LogP contribution in [-0.4, -0.2) is 21.3 Å². The van der Waals surface area contributed by atoms with Gasteiger partial charge in [0.05, 0.1) is 16.9 Å². The van der Waals surface area contributed by atoms with E-state index >= 15 is 0 Å². The van der Waals surface area contributed by atoms with Crippen molar-refractivity contribution in [3.63, 3.8) is 0 Å². The van der Waals surface area contributed by atoms with Crippen LogP contribution in [-0.2, 0) is 6.54 Å². The molecule has 3 aromatic rings. The predicted molar refractivity (Wildman–Crippen MR) is 83.9 cm³/mol. The number of nitrogens with one attached hydrogen (secondary N) is 1. The minimum Gasteiger partial charge on any atom is -0.311 e. The molecule has 1 N–H and O–H groups in total. The minimum absolute atomic E-state index is 0.785. The molecule has 0 bridgehead atoms. The van der Waals surface area contributed by atoms with Crippen LogP contribution in [0, 0.1) is 0 Å². The Morgan fingerprint density at radius 1 is 1.30 bits per heavy atom. The SMILES string of the molecule is CCNCc1ccn(-c2cccc3cc(Br)cnc23)n1. The minimum atomic E-state index is 0.785. The van der Waals surface area contributed by atoms with Gasteiger partial charge in [0.15, 0.2) is 0 Å². The Kier molecular flexibility index (Phi) is 3.80. The molecule has 102 valence electrons. The van der Waals surface area contributed by atoms with E-state index in [1.54, 1.807) is 0 Å². The molecule has 0 aliphatic rings. The van der Waals surface area contributed by atoms with E-state index in [2.05, 4.69) is 50.4 Å². The Morgan fingerprint density at radius 2 is 2.20 bits per heavy atom. The highest BCUT2D eigenvalue weighted by Crippen LogP contribution is 2.22. The van der Waals surface area contributed by atoms with Crippen molar-refractivity contribution in [3.8, 4) is 5.69 Å². The van der Waals surface area contributed by atoms with Crippen molar-refractivity contribution in [2.75, 3.05) is 6.54 Å². The normalized spacial score (nSPS) is 11.1. The van der Waals surface area contributed by atoms with Gasteiger partial charge in [-0.05, 0) is 40.7 Å². The van der Waals surface area contributed by atoms with Gasteiger partial charge >= 0.3 is 0 Å². The van der Waals surface area contributed by atoms with E-state index < -0.39 is 0 Å². The second kappa shape index (κ2) is 5.73. The molecule has 0 atom stereocenters. The van der Waals surface area contributed by atoms with Crippen molar-refractivity contribution < 1.29 is 0 Å². The first kappa shape index (κ1) is 13.3. The van der Waals surface area contributed by atoms with E-state index in [0.29, 0.717) is 0 Å². The van der Waals surface area contributed by atoms with E-state index in [-0.39, 0.29) is 0 Å². The van der Waals surface area contributed by atoms with Crippen LogP contribution in [0.3, 0.4) is 0 Å². The van der Waals surface area contributed by atoms with Gasteiger partial charge in [-0.1, -0.05) is 19.1 Å². The molecular formula is C15H15BrN4. The molecule has 0 amide bonds. The van der Waals surface area contributed by atoms with E-state index in [4.69, 9.17) is 0 Å². The molecule has 0 radical (unpaired) electrons. The second-order valence-corrected chi connectivity index (χ2v) is 5.45. The number of hydrogen-bond acceptors (Lipinski definition) is 3. The molecule has 0 unspecified atom stereocenters. The zero-order valence-electron chi connectivity index (χ0n) is 11.2. The number of para-hydroxylation sites is 1. The van der Waals surface area contributed by atoms with E-state index in [9.17, 15) is 0 Å². The summed E-state index contributed by atoms with van der Waals surface area (Å²) in [6.07, 6.45) is 3.79. The number of benzene rings is 1. The van der Waals surface area contributed by atoms with Crippen molar-refractivity contribution >= 4 is 26.8 Å². The Bertz CT molecular complexity index is 736. The summed E-state index contributed by atoms with van der Waals surface area (Å²) in [6, 6.07) is 10.2. The maximum absolute atomic E-state index is 4.59. The van der Waals surface area contributed by atoms with Crippen LogP contribution in [0.1, 0.15) is 12.6 Å². The summed E-state index contributed by atoms with van der Waals surface area (Å²) in [7, 11) is 0. The Balaban J connectivity index is 2.03. The fourth-order valence-corrected chi connectivity index (χ4v) is 2.49. The lowest BCUT2D eigenvalue weighted by Gasteiger charge is -2.06. The standard InChI is InChI=1S/C15H15BrN4/c1-2-17-10-13-6-7-20(19-13)14-5-3-4-11-8-12(16)9-18-15(11)14/h3-9,17H,2,10H2,1H3. The molecule has 1 aromatic carbocycles. The third kappa shape index (κ3) is 2.59. The molecule has 0 aliphatic heterocycles. The van der Waals surface area contributed by atoms with Crippen LogP contribution in [0.2, 0.25) is 0 Å². The van der Waals surface area contributed by atoms with E-state index in [0.717, 1.165) is 39.8 Å². The summed E-state index contributed by atoms with van der Waals surface area (Å²) in [5.41, 5.74) is 2.98. The van der Waals surface area contributed by atoms with Gasteiger partial charge in [0, 0.05) is 28.8 Å². The summed E-state index contributed by atoms with van der Waals surface area (Å²) in [5.74, 6) is 0. The third-order valence-corrected chi connectivity index (χ3v) is 3.54. The number of rotatable bonds is 4. The molecule has 0 aliphatic carbocycles. The molecule has 2 aromatic heterocycles. The fraction of sp³-hybridized carbons (Fsp3) is 0.200. The van der Waals surface area contributed by atoms with Crippen molar-refractivity contribution in [1.82, 2.24) is 20.1 Å². The largest absolute Gasteiger partial charge is 0.311 e. The van der Waals surface area contributed by atoms with Crippen molar-refractivity contribution in [1.29, 1.82) is 0 Å². The summed E-state index contributed by atoms with van der Waals surface area (Å²) in [5, 5.41) is 8.97. The molecule has 0 fully saturated rings. The van der Waals surface area contributed by atoms with Crippen molar-refractivity contribution in [2.24, 2.45) is 0 Å². The highest BCUT2D eigenvalue weighted by atomic mass is 79.9. The number of pyridine rings is 1. The van der Waals surface area contributed by atoms with Crippen LogP contribution >= 0.6 is 15.9 Å². The van der Waals surface area contributed by atoms with Gasteiger partial charge < -0.3 is 5.32 Å². The van der Waals surface area contributed by atoms with Crippen LogP contribution in [0.5, 0.6) is 0 Å². The number of fused-ring (bicyclic) bond motifs is 1. The Morgan fingerprint density at radius 3 is 3.05 bits per heavy atom. The highest BCUT2D eigenvalue weighted by Gasteiger charge is 2.06. The van der Waals surface area contributed by atoms with Gasteiger partial charge in [-0.25, -0.2) is 4.68 Å². The van der Waals surface area contributed by atoms with Gasteiger partial charge in [-0.2, -0.15) is 5.10 Å². The predicted octanol–water partition coefficient (Wildman–Crippen LogP) is 3.29. The smallest absolute Gasteiger partial charge is 0.0959 e. The summed E-state index contributed by atoms with van der Waals surface area (Å²) in [4.78, 5) is 4.51. The van der Waals surface area contributed by atoms with Gasteiger partial charge in [-0.15, -0.1) is 0 Å². The quantitative estimate of drug-likeness (QED) is 0.798. The molecular weight excluding hydrogens is 316 g/mol. The second-order valence-electron chi connectivity index (χ2n) is 4.53. The van der Waals surface area contributed by atoms with Crippen molar-refractivity contribution in [3.05, 3.63) is 52.9 Å². The van der Waals surface area contributed by atoms with Crippen LogP contribution in [0.4, 0.5) is 0 Å². The fourth-order valence-electron chi connectivity index (χ4n) is 2.15. The topological polar surface area (TPSA) is 42.7 Å². The lowest BCUT2D eigenvalue weighted by atomic mass is 10.2.